The molecule has 0 aliphatic carbocycles. The molecule has 0 aliphatic rings. The molecule has 142 valence electrons. The van der Waals surface area contributed by atoms with Gasteiger partial charge in [-0.1, -0.05) is 12.1 Å². The monoisotopic (exact) mass is 387 g/mol. The first-order chi connectivity index (χ1) is 13.4. The van der Waals surface area contributed by atoms with E-state index in [1.165, 1.54) is 33.9 Å². The molecule has 0 bridgehead atoms. The van der Waals surface area contributed by atoms with E-state index < -0.39 is 17.6 Å². The van der Waals surface area contributed by atoms with E-state index in [2.05, 4.69) is 25.5 Å². The van der Waals surface area contributed by atoms with Crippen LogP contribution >= 0.6 is 0 Å². The van der Waals surface area contributed by atoms with E-state index in [1.807, 2.05) is 0 Å². The van der Waals surface area contributed by atoms with E-state index in [1.54, 1.807) is 18.3 Å². The Hall–Kier alpha value is -3.76. The minimum absolute atomic E-state index is 0.0654. The zero-order chi connectivity index (χ0) is 19.7. The molecule has 28 heavy (non-hydrogen) atoms. The summed E-state index contributed by atoms with van der Waals surface area (Å²) in [5.74, 6) is -0.332. The maximum Gasteiger partial charge on any atom is 0.416 e. The van der Waals surface area contributed by atoms with Crippen LogP contribution in [0.5, 0.6) is 0 Å². The van der Waals surface area contributed by atoms with E-state index in [0.717, 1.165) is 12.1 Å². The molecule has 4 rings (SSSR count). The molecule has 11 heteroatoms. The van der Waals surface area contributed by atoms with Gasteiger partial charge in [0.2, 0.25) is 5.82 Å². The van der Waals surface area contributed by atoms with Crippen LogP contribution in [0, 0.1) is 0 Å². The number of carbonyl (C=O) groups excluding carboxylic acids is 1. The molecular formula is C17H12F3N7O. The number of hydrogen-bond acceptors (Lipinski definition) is 5. The molecule has 0 saturated heterocycles. The summed E-state index contributed by atoms with van der Waals surface area (Å²) in [5, 5.41) is 10.7. The van der Waals surface area contributed by atoms with Crippen LogP contribution < -0.4 is 5.32 Å². The first-order valence-electron chi connectivity index (χ1n) is 8.06. The first kappa shape index (κ1) is 17.6. The van der Waals surface area contributed by atoms with Gasteiger partial charge in [-0.05, 0) is 23.8 Å². The smallest absolute Gasteiger partial charge is 0.316 e. The zero-order valence-corrected chi connectivity index (χ0v) is 14.1. The summed E-state index contributed by atoms with van der Waals surface area (Å²) < 4.78 is 41.2. The second-order valence-corrected chi connectivity index (χ2v) is 5.88. The number of aromatic nitrogens is 6. The summed E-state index contributed by atoms with van der Waals surface area (Å²) in [4.78, 5) is 20.3. The number of alkyl halides is 3. The lowest BCUT2D eigenvalue weighted by atomic mass is 10.1. The topological polar surface area (TPSA) is 90.0 Å². The van der Waals surface area contributed by atoms with Gasteiger partial charge in [-0.2, -0.15) is 23.3 Å². The molecule has 0 atom stereocenters. The molecule has 3 aromatic heterocycles. The van der Waals surface area contributed by atoms with Gasteiger partial charge in [0.1, 0.15) is 0 Å². The second-order valence-electron chi connectivity index (χ2n) is 5.88. The van der Waals surface area contributed by atoms with Crippen LogP contribution in [-0.4, -0.2) is 35.3 Å². The molecule has 0 aliphatic heterocycles. The fraction of sp³-hybridized carbons (Fsp3) is 0.118. The lowest BCUT2D eigenvalue weighted by Gasteiger charge is -2.08. The molecule has 1 aromatic carbocycles. The molecule has 8 nitrogen and oxygen atoms in total. The summed E-state index contributed by atoms with van der Waals surface area (Å²) >= 11 is 0. The number of halogens is 3. The Bertz CT molecular complexity index is 1120. The van der Waals surface area contributed by atoms with Crippen LogP contribution in [-0.2, 0) is 12.7 Å². The number of nitrogens with one attached hydrogen (secondary N) is 1. The average Bonchev–Trinajstić information content (AvgIpc) is 3.28. The van der Waals surface area contributed by atoms with Crippen molar-refractivity contribution in [1.82, 2.24) is 29.4 Å². The molecule has 3 heterocycles. The fourth-order valence-corrected chi connectivity index (χ4v) is 2.56. The van der Waals surface area contributed by atoms with Crippen LogP contribution in [0.1, 0.15) is 21.7 Å². The van der Waals surface area contributed by atoms with Crippen molar-refractivity contribution in [2.45, 2.75) is 12.7 Å². The van der Waals surface area contributed by atoms with Crippen molar-refractivity contribution in [1.29, 1.82) is 0 Å². The van der Waals surface area contributed by atoms with E-state index in [4.69, 9.17) is 0 Å². The van der Waals surface area contributed by atoms with Crippen LogP contribution in [0.25, 0.3) is 5.78 Å². The van der Waals surface area contributed by atoms with Crippen molar-refractivity contribution in [2.24, 2.45) is 0 Å². The maximum atomic E-state index is 12.8. The number of carbonyl (C=O) groups is 1. The minimum Gasteiger partial charge on any atom is -0.316 e. The van der Waals surface area contributed by atoms with E-state index in [9.17, 15) is 18.0 Å². The van der Waals surface area contributed by atoms with Crippen molar-refractivity contribution in [3.63, 3.8) is 0 Å². The van der Waals surface area contributed by atoms with E-state index in [-0.39, 0.29) is 18.1 Å². The van der Waals surface area contributed by atoms with Crippen molar-refractivity contribution >= 4 is 17.4 Å². The average molecular weight is 387 g/mol. The Morgan fingerprint density at radius 2 is 2.07 bits per heavy atom. The number of fused-ring (bicyclic) bond motifs is 1. The third-order valence-electron chi connectivity index (χ3n) is 3.81. The van der Waals surface area contributed by atoms with Crippen LogP contribution in [0.4, 0.5) is 18.9 Å². The third-order valence-corrected chi connectivity index (χ3v) is 3.81. The summed E-state index contributed by atoms with van der Waals surface area (Å²) in [6.07, 6.45) is 1.63. The van der Waals surface area contributed by atoms with E-state index in [0.29, 0.717) is 11.3 Å². The van der Waals surface area contributed by atoms with Gasteiger partial charge in [0, 0.05) is 18.6 Å². The van der Waals surface area contributed by atoms with Crippen molar-refractivity contribution < 1.29 is 18.0 Å². The minimum atomic E-state index is -4.41. The third kappa shape index (κ3) is 3.68. The van der Waals surface area contributed by atoms with Gasteiger partial charge in [0.15, 0.2) is 0 Å². The molecule has 1 amide bonds. The quantitative estimate of drug-likeness (QED) is 0.581. The number of anilines is 1. The van der Waals surface area contributed by atoms with Gasteiger partial charge in [-0.15, -0.1) is 5.10 Å². The highest BCUT2D eigenvalue weighted by atomic mass is 19.4. The zero-order valence-electron chi connectivity index (χ0n) is 14.1. The molecule has 1 N–H and O–H groups in total. The van der Waals surface area contributed by atoms with Crippen molar-refractivity contribution in [3.05, 3.63) is 72.1 Å². The number of benzene rings is 1. The molecule has 0 radical (unpaired) electrons. The first-order valence-corrected chi connectivity index (χ1v) is 8.06. The Labute approximate surface area is 155 Å². The number of hydrogen-bond donors (Lipinski definition) is 1. The lowest BCUT2D eigenvalue weighted by molar-refractivity contribution is -0.137. The standard InChI is InChI=1S/C17H12F3N7O/c18-17(19,20)12-4-1-3-11(7-12)9-26-10-13(8-22-26)23-15(28)14-24-16-21-5-2-6-27(16)25-14/h1-8,10H,9H2,(H,23,28). The highest BCUT2D eigenvalue weighted by Crippen LogP contribution is 2.29. The SMILES string of the molecule is O=C(Nc1cnn(Cc2cccc(C(F)(F)F)c2)c1)c1nc2ncccn2n1. The number of rotatable bonds is 4. The van der Waals surface area contributed by atoms with Gasteiger partial charge in [0.25, 0.3) is 11.7 Å². The Balaban J connectivity index is 1.46. The Morgan fingerprint density at radius 3 is 2.86 bits per heavy atom. The van der Waals surface area contributed by atoms with Gasteiger partial charge < -0.3 is 5.32 Å². The highest BCUT2D eigenvalue weighted by molar-refractivity contribution is 6.01. The summed E-state index contributed by atoms with van der Waals surface area (Å²) in [6.45, 7) is 0.121. The maximum absolute atomic E-state index is 12.8. The Kier molecular flexibility index (Phi) is 4.26. The van der Waals surface area contributed by atoms with Crippen LogP contribution in [0.3, 0.4) is 0 Å². The van der Waals surface area contributed by atoms with Gasteiger partial charge in [-0.25, -0.2) is 9.50 Å². The number of amides is 1. The largest absolute Gasteiger partial charge is 0.416 e. The van der Waals surface area contributed by atoms with Crippen molar-refractivity contribution in [3.8, 4) is 0 Å². The highest BCUT2D eigenvalue weighted by Gasteiger charge is 2.30. The van der Waals surface area contributed by atoms with Gasteiger partial charge in [0.05, 0.1) is 24.0 Å². The lowest BCUT2D eigenvalue weighted by Crippen LogP contribution is -2.13. The van der Waals surface area contributed by atoms with Crippen LogP contribution in [0.15, 0.2) is 55.1 Å². The molecule has 0 fully saturated rings. The molecule has 0 spiro atoms. The number of nitrogens with zero attached hydrogens (tertiary/aromatic N) is 6. The fourth-order valence-electron chi connectivity index (χ4n) is 2.56. The molecule has 0 unspecified atom stereocenters. The second kappa shape index (κ2) is 6.76. The predicted octanol–water partition coefficient (Wildman–Crippen LogP) is 2.64. The van der Waals surface area contributed by atoms with Crippen LogP contribution in [0.2, 0.25) is 0 Å². The Morgan fingerprint density at radius 1 is 1.21 bits per heavy atom. The van der Waals surface area contributed by atoms with Gasteiger partial charge >= 0.3 is 6.18 Å². The predicted molar refractivity (Wildman–Crippen MR) is 91.5 cm³/mol. The molecule has 0 saturated carbocycles. The normalized spacial score (nSPS) is 11.7. The molecule has 4 aromatic rings. The van der Waals surface area contributed by atoms with Gasteiger partial charge in [-0.3, -0.25) is 9.48 Å². The van der Waals surface area contributed by atoms with E-state index >= 15 is 0 Å². The summed E-state index contributed by atoms with van der Waals surface area (Å²) in [7, 11) is 0. The molecular weight excluding hydrogens is 375 g/mol. The summed E-state index contributed by atoms with van der Waals surface area (Å²) in [6, 6.07) is 6.64. The summed E-state index contributed by atoms with van der Waals surface area (Å²) in [5.41, 5.74) is 0.0740. The van der Waals surface area contributed by atoms with Crippen molar-refractivity contribution in [2.75, 3.05) is 5.32 Å².